The van der Waals surface area contributed by atoms with Gasteiger partial charge in [0.15, 0.2) is 0 Å². The third kappa shape index (κ3) is 3.28. The van der Waals surface area contributed by atoms with Crippen LogP contribution in [0, 0.1) is 0 Å². The molecular formula is C19H21BrN4O2. The topological polar surface area (TPSA) is 61.9 Å². The highest BCUT2D eigenvalue weighted by molar-refractivity contribution is 9.11. The van der Waals surface area contributed by atoms with Gasteiger partial charge in [-0.2, -0.15) is 9.36 Å². The van der Waals surface area contributed by atoms with Crippen molar-refractivity contribution in [1.29, 1.82) is 0 Å². The van der Waals surface area contributed by atoms with E-state index in [1.807, 2.05) is 12.1 Å². The Hall–Kier alpha value is -2.15. The largest absolute Gasteiger partial charge is 0.493 e. The first-order chi connectivity index (χ1) is 12.5. The molecule has 4 rings (SSSR count). The Morgan fingerprint density at radius 3 is 2.73 bits per heavy atom. The molecule has 136 valence electrons. The van der Waals surface area contributed by atoms with Crippen LogP contribution in [0.2, 0.25) is 0 Å². The summed E-state index contributed by atoms with van der Waals surface area (Å²) in [5.74, 6) is 1.56. The molecule has 0 atom stereocenters. The minimum atomic E-state index is -0.251. The van der Waals surface area contributed by atoms with Crippen molar-refractivity contribution in [1.82, 2.24) is 19.8 Å². The number of ether oxygens (including phenoxy) is 1. The summed E-state index contributed by atoms with van der Waals surface area (Å²) in [6, 6.07) is 6.04. The molecule has 0 amide bonds. The van der Waals surface area contributed by atoms with Crippen molar-refractivity contribution in [3.8, 4) is 5.69 Å². The van der Waals surface area contributed by atoms with Crippen LogP contribution in [-0.2, 0) is 18.4 Å². The molecule has 1 saturated carbocycles. The van der Waals surface area contributed by atoms with Crippen LogP contribution in [0.3, 0.4) is 0 Å². The monoisotopic (exact) mass is 416 g/mol. The van der Waals surface area contributed by atoms with Gasteiger partial charge < -0.3 is 4.74 Å². The van der Waals surface area contributed by atoms with Gasteiger partial charge in [-0.25, -0.2) is 4.79 Å². The fraction of sp³-hybridized carbons (Fsp3) is 0.421. The summed E-state index contributed by atoms with van der Waals surface area (Å²) in [5, 5.41) is 7.87. The van der Waals surface area contributed by atoms with Crippen molar-refractivity contribution in [3.63, 3.8) is 0 Å². The highest BCUT2D eigenvalue weighted by atomic mass is 79.9. The van der Waals surface area contributed by atoms with Crippen molar-refractivity contribution in [2.75, 3.05) is 0 Å². The molecule has 6 nitrogen and oxygen atoms in total. The van der Waals surface area contributed by atoms with E-state index >= 15 is 0 Å². The maximum absolute atomic E-state index is 12.4. The smallest absolute Gasteiger partial charge is 0.368 e. The molecule has 1 aromatic heterocycles. The fourth-order valence-electron chi connectivity index (χ4n) is 3.35. The van der Waals surface area contributed by atoms with E-state index in [0.29, 0.717) is 12.5 Å². The van der Waals surface area contributed by atoms with Gasteiger partial charge in [-0.15, -0.1) is 0 Å². The number of hydrogen-bond donors (Lipinski definition) is 0. The Morgan fingerprint density at radius 1 is 1.27 bits per heavy atom. The van der Waals surface area contributed by atoms with Gasteiger partial charge in [-0.3, -0.25) is 0 Å². The van der Waals surface area contributed by atoms with Crippen LogP contribution in [0.1, 0.15) is 49.7 Å². The zero-order valence-electron chi connectivity index (χ0n) is 14.9. The molecule has 1 heterocycles. The van der Waals surface area contributed by atoms with Crippen LogP contribution >= 0.6 is 15.9 Å². The molecule has 7 heteroatoms. The van der Waals surface area contributed by atoms with E-state index in [4.69, 9.17) is 4.74 Å². The van der Waals surface area contributed by atoms with E-state index in [0.717, 1.165) is 35.4 Å². The SMILES string of the molecule is CC1=C(OCc2c(C3CC3)cccc2-n2nnn(C)c2=O)CCC(Br)=C1. The Bertz CT molecular complexity index is 966. The van der Waals surface area contributed by atoms with Gasteiger partial charge in [0.1, 0.15) is 6.61 Å². The first kappa shape index (κ1) is 17.3. The lowest BCUT2D eigenvalue weighted by atomic mass is 10.0. The number of halogens is 1. The predicted octanol–water partition coefficient (Wildman–Crippen LogP) is 3.71. The maximum atomic E-state index is 12.4. The molecule has 26 heavy (non-hydrogen) atoms. The lowest BCUT2D eigenvalue weighted by Gasteiger charge is -2.19. The zero-order valence-corrected chi connectivity index (χ0v) is 16.5. The Kier molecular flexibility index (Phi) is 4.56. The van der Waals surface area contributed by atoms with E-state index in [9.17, 15) is 4.79 Å². The second-order valence-electron chi connectivity index (χ2n) is 6.90. The highest BCUT2D eigenvalue weighted by Crippen LogP contribution is 2.43. The van der Waals surface area contributed by atoms with Gasteiger partial charge in [0.25, 0.3) is 0 Å². The number of nitrogens with zero attached hydrogens (tertiary/aromatic N) is 4. The van der Waals surface area contributed by atoms with Crippen LogP contribution in [0.4, 0.5) is 0 Å². The number of allylic oxidation sites excluding steroid dienone is 4. The maximum Gasteiger partial charge on any atom is 0.368 e. The molecule has 0 spiro atoms. The summed E-state index contributed by atoms with van der Waals surface area (Å²) in [6.45, 7) is 2.50. The molecule has 2 aromatic rings. The van der Waals surface area contributed by atoms with Crippen molar-refractivity contribution in [2.45, 2.75) is 45.1 Å². The number of tetrazole rings is 1. The Morgan fingerprint density at radius 2 is 2.08 bits per heavy atom. The van der Waals surface area contributed by atoms with E-state index in [1.54, 1.807) is 7.05 Å². The predicted molar refractivity (Wildman–Crippen MR) is 102 cm³/mol. The van der Waals surface area contributed by atoms with Crippen molar-refractivity contribution >= 4 is 15.9 Å². The molecular weight excluding hydrogens is 396 g/mol. The number of hydrogen-bond acceptors (Lipinski definition) is 4. The van der Waals surface area contributed by atoms with Gasteiger partial charge in [-0.05, 0) is 70.3 Å². The van der Waals surface area contributed by atoms with Gasteiger partial charge in [-0.1, -0.05) is 28.1 Å². The van der Waals surface area contributed by atoms with Gasteiger partial charge >= 0.3 is 5.69 Å². The molecule has 0 bridgehead atoms. The van der Waals surface area contributed by atoms with E-state index in [-0.39, 0.29) is 5.69 Å². The molecule has 0 N–H and O–H groups in total. The molecule has 1 aromatic carbocycles. The van der Waals surface area contributed by atoms with Crippen molar-refractivity contribution < 1.29 is 4.74 Å². The van der Waals surface area contributed by atoms with Crippen LogP contribution in [0.5, 0.6) is 0 Å². The first-order valence-electron chi connectivity index (χ1n) is 8.84. The van der Waals surface area contributed by atoms with Crippen molar-refractivity contribution in [2.24, 2.45) is 7.05 Å². The second-order valence-corrected chi connectivity index (χ2v) is 7.92. The molecule has 0 unspecified atom stereocenters. The van der Waals surface area contributed by atoms with Gasteiger partial charge in [0, 0.05) is 19.0 Å². The Balaban J connectivity index is 1.71. The normalized spacial score (nSPS) is 17.4. The Labute approximate surface area is 160 Å². The molecule has 0 aliphatic heterocycles. The van der Waals surface area contributed by atoms with Crippen molar-refractivity contribution in [3.05, 3.63) is 61.7 Å². The average Bonchev–Trinajstić information content (AvgIpc) is 3.41. The lowest BCUT2D eigenvalue weighted by molar-refractivity contribution is 0.184. The second kappa shape index (κ2) is 6.87. The number of rotatable bonds is 5. The summed E-state index contributed by atoms with van der Waals surface area (Å²) in [5.41, 5.74) is 3.94. The molecule has 1 fully saturated rings. The summed E-state index contributed by atoms with van der Waals surface area (Å²) >= 11 is 3.56. The van der Waals surface area contributed by atoms with E-state index in [2.05, 4.69) is 45.4 Å². The molecule has 0 radical (unpaired) electrons. The number of aryl methyl sites for hydroxylation is 1. The molecule has 2 aliphatic rings. The summed E-state index contributed by atoms with van der Waals surface area (Å²) in [6.07, 6.45) is 6.31. The van der Waals surface area contributed by atoms with Crippen LogP contribution in [0.25, 0.3) is 5.69 Å². The number of aromatic nitrogens is 4. The van der Waals surface area contributed by atoms with Gasteiger partial charge in [0.05, 0.1) is 11.4 Å². The minimum Gasteiger partial charge on any atom is -0.493 e. The summed E-state index contributed by atoms with van der Waals surface area (Å²) < 4.78 is 10.0. The minimum absolute atomic E-state index is 0.251. The van der Waals surface area contributed by atoms with Crippen LogP contribution in [0.15, 0.2) is 44.9 Å². The molecule has 0 saturated heterocycles. The standard InChI is InChI=1S/C19H21BrN4O2/c1-12-10-14(20)8-9-18(12)26-11-16-15(13-6-7-13)4-3-5-17(16)24-19(25)23(2)21-22-24/h3-5,10,13H,6-9,11H2,1-2H3. The summed E-state index contributed by atoms with van der Waals surface area (Å²) in [4.78, 5) is 12.4. The average molecular weight is 417 g/mol. The quantitative estimate of drug-likeness (QED) is 0.744. The zero-order chi connectivity index (χ0) is 18.3. The fourth-order valence-corrected chi connectivity index (χ4v) is 3.89. The number of benzene rings is 1. The lowest BCUT2D eigenvalue weighted by Crippen LogP contribution is -2.23. The highest BCUT2D eigenvalue weighted by Gasteiger charge is 2.28. The van der Waals surface area contributed by atoms with E-state index in [1.165, 1.54) is 32.3 Å². The van der Waals surface area contributed by atoms with Gasteiger partial charge in [0.2, 0.25) is 0 Å². The first-order valence-corrected chi connectivity index (χ1v) is 9.63. The summed E-state index contributed by atoms with van der Waals surface area (Å²) in [7, 11) is 1.60. The molecule has 2 aliphatic carbocycles. The van der Waals surface area contributed by atoms with E-state index < -0.39 is 0 Å². The third-order valence-corrected chi connectivity index (χ3v) is 5.57. The van der Waals surface area contributed by atoms with Crippen LogP contribution < -0.4 is 5.69 Å². The third-order valence-electron chi connectivity index (χ3n) is 4.95. The van der Waals surface area contributed by atoms with Crippen LogP contribution in [-0.4, -0.2) is 19.8 Å².